The van der Waals surface area contributed by atoms with Gasteiger partial charge in [-0.05, 0) is 71.1 Å². The number of ether oxygens (including phenoxy) is 1. The predicted octanol–water partition coefficient (Wildman–Crippen LogP) is 7.70. The molecule has 0 aliphatic heterocycles. The maximum Gasteiger partial charge on any atom is 0.346 e. The first kappa shape index (κ1) is 32.0. The molecule has 0 amide bonds. The normalized spacial score (nSPS) is 10.6. The summed E-state index contributed by atoms with van der Waals surface area (Å²) in [5.74, 6) is 2.17. The van der Waals surface area contributed by atoms with Crippen molar-refractivity contribution in [2.45, 2.75) is 40.5 Å². The fraction of sp³-hybridized carbons (Fsp3) is 0.385. The highest BCUT2D eigenvalue weighted by Crippen LogP contribution is 2.26. The highest BCUT2D eigenvalue weighted by molar-refractivity contribution is 8.14. The van der Waals surface area contributed by atoms with Gasteiger partial charge in [-0.3, -0.25) is 7.42 Å². The second kappa shape index (κ2) is 17.4. The molecule has 0 bridgehead atoms. The Bertz CT molecular complexity index is 986. The Kier molecular flexibility index (Phi) is 15.0. The minimum atomic E-state index is -0.691. The molecule has 0 aromatic heterocycles. The van der Waals surface area contributed by atoms with Gasteiger partial charge in [0.25, 0.3) is 0 Å². The van der Waals surface area contributed by atoms with E-state index >= 15 is 0 Å². The third-order valence-corrected chi connectivity index (χ3v) is 9.97. The molecule has 0 heterocycles. The minimum Gasteiger partial charge on any atom is -0.386 e. The van der Waals surface area contributed by atoms with Gasteiger partial charge in [0.2, 0.25) is 0 Å². The van der Waals surface area contributed by atoms with Crippen molar-refractivity contribution in [1.82, 2.24) is 7.42 Å². The molecule has 0 N–H and O–H groups in total. The number of carbonyl (C=O) groups excluding carboxylic acids is 2. The Morgan fingerprint density at radius 1 is 0.649 bits per heavy atom. The molecule has 11 heteroatoms. The van der Waals surface area contributed by atoms with E-state index in [0.29, 0.717) is 33.9 Å². The molecule has 0 fully saturated rings. The van der Waals surface area contributed by atoms with Crippen molar-refractivity contribution in [2.24, 2.45) is 0 Å². The molecule has 5 nitrogen and oxygen atoms in total. The third kappa shape index (κ3) is 10.1. The number of hydrogen-bond acceptors (Lipinski definition) is 9. The second-order valence-corrected chi connectivity index (χ2v) is 13.5. The zero-order valence-electron chi connectivity index (χ0n) is 21.4. The van der Waals surface area contributed by atoms with Crippen molar-refractivity contribution >= 4 is 94.1 Å². The van der Waals surface area contributed by atoms with Crippen LogP contribution in [-0.2, 0) is 17.6 Å². The number of nitrogens with zero attached hydrogens (tertiary/aromatic N) is 2. The summed E-state index contributed by atoms with van der Waals surface area (Å²) >= 11 is 17.9. The molecule has 200 valence electrons. The Hall–Kier alpha value is -1.24. The monoisotopic (exact) mass is 612 g/mol. The van der Waals surface area contributed by atoms with Crippen molar-refractivity contribution in [1.29, 1.82) is 0 Å². The van der Waals surface area contributed by atoms with Gasteiger partial charge in [-0.15, -0.1) is 0 Å². The summed E-state index contributed by atoms with van der Waals surface area (Å²) in [5, 5.41) is 0. The Labute approximate surface area is 248 Å². The van der Waals surface area contributed by atoms with Crippen LogP contribution >= 0.6 is 72.2 Å². The number of rotatable bonds is 14. The summed E-state index contributed by atoms with van der Waals surface area (Å²) in [4.78, 5) is 27.6. The van der Waals surface area contributed by atoms with Crippen LogP contribution in [0.5, 0.6) is 0 Å². The summed E-state index contributed by atoms with van der Waals surface area (Å²) < 4.78 is 9.39. The maximum absolute atomic E-state index is 13.1. The molecule has 0 unspecified atom stereocenters. The molecule has 0 saturated carbocycles. The van der Waals surface area contributed by atoms with Gasteiger partial charge in [0.1, 0.15) is 9.98 Å². The molecular formula is C26H32N2O3S6. The summed E-state index contributed by atoms with van der Waals surface area (Å²) in [6.45, 7) is 8.28. The average Bonchev–Trinajstić information content (AvgIpc) is 2.88. The van der Waals surface area contributed by atoms with Crippen LogP contribution in [-0.4, -0.2) is 52.3 Å². The van der Waals surface area contributed by atoms with E-state index in [1.807, 2.05) is 31.7 Å². The standard InChI is InChI=1S/C26H32N2O3S6/c1-5-34-27(35-6-2)23(32)17-19-13-9-11-15-21(19)25(29)31-26(30)22-16-12-10-14-20(22)18-24(33)28(36-7-3)37-8-4/h9-16H,5-8,17-18H2,1-4H3. The van der Waals surface area contributed by atoms with Crippen LogP contribution in [0.4, 0.5) is 0 Å². The first-order valence-corrected chi connectivity index (χ1v) is 16.5. The van der Waals surface area contributed by atoms with Crippen LogP contribution in [0.25, 0.3) is 0 Å². The van der Waals surface area contributed by atoms with Gasteiger partial charge in [0, 0.05) is 35.9 Å². The number of carbonyl (C=O) groups is 2. The van der Waals surface area contributed by atoms with E-state index in [1.54, 1.807) is 72.1 Å². The first-order chi connectivity index (χ1) is 17.9. The largest absolute Gasteiger partial charge is 0.386 e. The van der Waals surface area contributed by atoms with Crippen LogP contribution in [0.2, 0.25) is 0 Å². The van der Waals surface area contributed by atoms with Crippen LogP contribution in [0, 0.1) is 0 Å². The zero-order valence-corrected chi connectivity index (χ0v) is 26.3. The lowest BCUT2D eigenvalue weighted by Crippen LogP contribution is -2.22. The van der Waals surface area contributed by atoms with E-state index in [0.717, 1.165) is 34.1 Å². The first-order valence-electron chi connectivity index (χ1n) is 12.0. The molecule has 2 aromatic rings. The summed E-state index contributed by atoms with van der Waals surface area (Å²) in [6.07, 6.45) is 0.805. The molecule has 0 saturated heterocycles. The van der Waals surface area contributed by atoms with E-state index in [-0.39, 0.29) is 0 Å². The fourth-order valence-corrected chi connectivity index (χ4v) is 7.80. The topological polar surface area (TPSA) is 49.9 Å². The van der Waals surface area contributed by atoms with Gasteiger partial charge < -0.3 is 4.74 Å². The molecule has 0 spiro atoms. The molecule has 0 radical (unpaired) electrons. The van der Waals surface area contributed by atoms with Gasteiger partial charge >= 0.3 is 11.9 Å². The van der Waals surface area contributed by atoms with Crippen LogP contribution in [0.15, 0.2) is 48.5 Å². The Balaban J connectivity index is 2.19. The van der Waals surface area contributed by atoms with Crippen molar-refractivity contribution in [3.05, 3.63) is 70.8 Å². The van der Waals surface area contributed by atoms with E-state index in [1.165, 1.54) is 0 Å². The van der Waals surface area contributed by atoms with E-state index in [9.17, 15) is 9.59 Å². The summed E-state index contributed by atoms with van der Waals surface area (Å²) in [5.41, 5.74) is 2.11. The maximum atomic E-state index is 13.1. The van der Waals surface area contributed by atoms with Gasteiger partial charge in [-0.2, -0.15) is 0 Å². The van der Waals surface area contributed by atoms with Gasteiger partial charge in [0.05, 0.1) is 11.1 Å². The summed E-state index contributed by atoms with van der Waals surface area (Å²) in [6, 6.07) is 14.2. The quantitative estimate of drug-likeness (QED) is 0.0913. The lowest BCUT2D eigenvalue weighted by molar-refractivity contribution is 0.0396. The molecule has 0 aliphatic carbocycles. The second-order valence-electron chi connectivity index (χ2n) is 7.32. The van der Waals surface area contributed by atoms with Gasteiger partial charge in [0.15, 0.2) is 0 Å². The molecule has 2 rings (SSSR count). The molecule has 0 aliphatic rings. The van der Waals surface area contributed by atoms with Crippen molar-refractivity contribution in [3.63, 3.8) is 0 Å². The minimum absolute atomic E-state index is 0.332. The zero-order chi connectivity index (χ0) is 27.2. The van der Waals surface area contributed by atoms with Crippen LogP contribution in [0.1, 0.15) is 59.5 Å². The number of esters is 2. The summed E-state index contributed by atoms with van der Waals surface area (Å²) in [7, 11) is 0. The lowest BCUT2D eigenvalue weighted by atomic mass is 10.0. The van der Waals surface area contributed by atoms with Crippen molar-refractivity contribution in [3.8, 4) is 0 Å². The Morgan fingerprint density at radius 3 is 1.30 bits per heavy atom. The Morgan fingerprint density at radius 2 is 0.973 bits per heavy atom. The highest BCUT2D eigenvalue weighted by Gasteiger charge is 2.22. The SMILES string of the molecule is CCSN(SCC)C(=S)Cc1ccccc1C(=O)OC(=O)c1ccccc1CC(=S)N(SCC)SCC. The van der Waals surface area contributed by atoms with Gasteiger partial charge in [-0.1, -0.05) is 88.5 Å². The smallest absolute Gasteiger partial charge is 0.346 e. The van der Waals surface area contributed by atoms with Crippen LogP contribution in [0.3, 0.4) is 0 Å². The number of benzene rings is 2. The van der Waals surface area contributed by atoms with Crippen LogP contribution < -0.4 is 0 Å². The van der Waals surface area contributed by atoms with Crippen molar-refractivity contribution in [2.75, 3.05) is 23.0 Å². The lowest BCUT2D eigenvalue weighted by Gasteiger charge is -2.22. The molecular weight excluding hydrogens is 581 g/mol. The predicted molar refractivity (Wildman–Crippen MR) is 171 cm³/mol. The number of hydrogen-bond donors (Lipinski definition) is 0. The molecule has 0 atom stereocenters. The highest BCUT2D eigenvalue weighted by atomic mass is 32.2. The number of thiocarbonyl (C=S) groups is 2. The van der Waals surface area contributed by atoms with E-state index < -0.39 is 11.9 Å². The fourth-order valence-electron chi connectivity index (χ4n) is 3.23. The third-order valence-electron chi connectivity index (χ3n) is 4.74. The van der Waals surface area contributed by atoms with Crippen molar-refractivity contribution < 1.29 is 14.3 Å². The van der Waals surface area contributed by atoms with E-state index in [2.05, 4.69) is 27.7 Å². The average molecular weight is 613 g/mol. The molecule has 37 heavy (non-hydrogen) atoms. The van der Waals surface area contributed by atoms with Gasteiger partial charge in [-0.25, -0.2) is 9.59 Å². The van der Waals surface area contributed by atoms with E-state index in [4.69, 9.17) is 29.2 Å². The molecule has 2 aromatic carbocycles.